The van der Waals surface area contributed by atoms with Gasteiger partial charge in [-0.25, -0.2) is 9.59 Å². The van der Waals surface area contributed by atoms with Crippen molar-refractivity contribution in [3.05, 3.63) is 40.2 Å². The molecule has 0 spiro atoms. The van der Waals surface area contributed by atoms with Crippen LogP contribution in [0.3, 0.4) is 0 Å². The molecule has 2 atom stereocenters. The van der Waals surface area contributed by atoms with Crippen LogP contribution in [0.25, 0.3) is 0 Å². The van der Waals surface area contributed by atoms with Crippen molar-refractivity contribution in [2.45, 2.75) is 46.1 Å². The summed E-state index contributed by atoms with van der Waals surface area (Å²) in [6.07, 6.45) is 2.93. The molecule has 2 aromatic rings. The van der Waals surface area contributed by atoms with Gasteiger partial charge in [-0.15, -0.1) is 11.3 Å². The smallest absolute Gasteiger partial charge is 0.374 e. The molecule has 1 amide bonds. The Kier molecular flexibility index (Phi) is 6.18. The highest BCUT2D eigenvalue weighted by atomic mass is 32.1. The zero-order valence-electron chi connectivity index (χ0n) is 16.1. The lowest BCUT2D eigenvalue weighted by molar-refractivity contribution is -0.123. The first-order valence-corrected chi connectivity index (χ1v) is 10.1. The van der Waals surface area contributed by atoms with E-state index in [-0.39, 0.29) is 12.4 Å². The molecule has 28 heavy (non-hydrogen) atoms. The fourth-order valence-electron chi connectivity index (χ4n) is 3.14. The molecule has 2 heterocycles. The molecule has 0 aromatic carbocycles. The molecule has 3 rings (SSSR count). The Bertz CT molecular complexity index is 870. The number of carbonyl (C=O) groups excluding carboxylic acids is 3. The van der Waals surface area contributed by atoms with E-state index in [1.807, 2.05) is 0 Å². The Morgan fingerprint density at radius 3 is 2.82 bits per heavy atom. The molecule has 2 aromatic heterocycles. The first-order chi connectivity index (χ1) is 13.4. The minimum absolute atomic E-state index is 0.0208. The molecule has 0 radical (unpaired) electrons. The number of amides is 1. The van der Waals surface area contributed by atoms with E-state index in [1.54, 1.807) is 13.0 Å². The van der Waals surface area contributed by atoms with E-state index >= 15 is 0 Å². The molecule has 0 aliphatic heterocycles. The molecule has 1 aliphatic rings. The minimum Gasteiger partial charge on any atom is -0.462 e. The average Bonchev–Trinajstić information content (AvgIpc) is 3.29. The third-order valence-corrected chi connectivity index (χ3v) is 5.77. The van der Waals surface area contributed by atoms with Gasteiger partial charge in [0.15, 0.2) is 6.10 Å². The molecule has 8 heteroatoms. The fraction of sp³-hybridized carbons (Fsp3) is 0.450. The first-order valence-electron chi connectivity index (χ1n) is 9.27. The highest BCUT2D eigenvalue weighted by Crippen LogP contribution is 2.40. The fourth-order valence-corrected chi connectivity index (χ4v) is 4.54. The van der Waals surface area contributed by atoms with Crippen molar-refractivity contribution in [2.75, 3.05) is 11.9 Å². The predicted molar refractivity (Wildman–Crippen MR) is 104 cm³/mol. The van der Waals surface area contributed by atoms with Gasteiger partial charge in [-0.2, -0.15) is 0 Å². The average molecular weight is 405 g/mol. The summed E-state index contributed by atoms with van der Waals surface area (Å²) in [4.78, 5) is 38.1. The molecular weight excluding hydrogens is 382 g/mol. The van der Waals surface area contributed by atoms with Crippen LogP contribution in [-0.4, -0.2) is 30.6 Å². The SMILES string of the molecule is CCOC(=O)c1c(NC(=O)[C@H](C)OC(=O)c2ccco2)sc2c1CC[C@@H](C)C2. The van der Waals surface area contributed by atoms with E-state index in [2.05, 4.69) is 12.2 Å². The highest BCUT2D eigenvalue weighted by Gasteiger charge is 2.30. The van der Waals surface area contributed by atoms with Crippen LogP contribution in [0.4, 0.5) is 5.00 Å². The van der Waals surface area contributed by atoms with Crippen molar-refractivity contribution in [3.63, 3.8) is 0 Å². The first kappa shape index (κ1) is 20.1. The number of ether oxygens (including phenoxy) is 2. The van der Waals surface area contributed by atoms with Gasteiger partial charge in [-0.05, 0) is 56.7 Å². The van der Waals surface area contributed by atoms with Crippen molar-refractivity contribution in [2.24, 2.45) is 5.92 Å². The number of thiophene rings is 1. The second-order valence-electron chi connectivity index (χ2n) is 6.79. The van der Waals surface area contributed by atoms with Crippen LogP contribution in [0.15, 0.2) is 22.8 Å². The quantitative estimate of drug-likeness (QED) is 0.734. The minimum atomic E-state index is -1.05. The zero-order valence-corrected chi connectivity index (χ0v) is 16.9. The van der Waals surface area contributed by atoms with Crippen LogP contribution in [0, 0.1) is 5.92 Å². The van der Waals surface area contributed by atoms with Gasteiger partial charge in [-0.1, -0.05) is 6.92 Å². The maximum Gasteiger partial charge on any atom is 0.374 e. The van der Waals surface area contributed by atoms with E-state index < -0.39 is 23.9 Å². The van der Waals surface area contributed by atoms with Gasteiger partial charge in [0.2, 0.25) is 5.76 Å². The number of carbonyl (C=O) groups is 3. The summed E-state index contributed by atoms with van der Waals surface area (Å²) < 4.78 is 15.3. The van der Waals surface area contributed by atoms with Gasteiger partial charge in [-0.3, -0.25) is 4.79 Å². The van der Waals surface area contributed by atoms with E-state index in [0.29, 0.717) is 16.5 Å². The topological polar surface area (TPSA) is 94.8 Å². The third kappa shape index (κ3) is 4.27. The lowest BCUT2D eigenvalue weighted by Gasteiger charge is -2.18. The van der Waals surface area contributed by atoms with E-state index in [1.165, 1.54) is 30.6 Å². The van der Waals surface area contributed by atoms with Crippen molar-refractivity contribution < 1.29 is 28.3 Å². The van der Waals surface area contributed by atoms with Crippen LogP contribution in [-0.2, 0) is 27.1 Å². The molecule has 0 unspecified atom stereocenters. The maximum absolute atomic E-state index is 12.6. The second kappa shape index (κ2) is 8.60. The van der Waals surface area contributed by atoms with Gasteiger partial charge in [0.1, 0.15) is 5.00 Å². The Labute approximate surface area is 167 Å². The van der Waals surface area contributed by atoms with Gasteiger partial charge >= 0.3 is 11.9 Å². The number of nitrogens with one attached hydrogen (secondary N) is 1. The molecular formula is C20H23NO6S. The standard InChI is InChI=1S/C20H23NO6S/c1-4-25-20(24)16-13-8-7-11(2)10-15(13)28-18(16)21-17(22)12(3)27-19(23)14-6-5-9-26-14/h5-6,9,11-12H,4,7-8,10H2,1-3H3,(H,21,22)/t11-,12+/m1/s1. The van der Waals surface area contributed by atoms with E-state index in [9.17, 15) is 14.4 Å². The number of anilines is 1. The molecule has 0 saturated carbocycles. The molecule has 0 saturated heterocycles. The number of hydrogen-bond acceptors (Lipinski definition) is 7. The van der Waals surface area contributed by atoms with E-state index in [0.717, 1.165) is 29.7 Å². The predicted octanol–water partition coefficient (Wildman–Crippen LogP) is 3.83. The normalized spacial score (nSPS) is 16.8. The molecule has 1 N–H and O–H groups in total. The van der Waals surface area contributed by atoms with Gasteiger partial charge in [0, 0.05) is 4.88 Å². The third-order valence-electron chi connectivity index (χ3n) is 4.60. The van der Waals surface area contributed by atoms with Crippen molar-refractivity contribution in [3.8, 4) is 0 Å². The van der Waals surface area contributed by atoms with Crippen LogP contribution in [0.2, 0.25) is 0 Å². The number of fused-ring (bicyclic) bond motifs is 1. The summed E-state index contributed by atoms with van der Waals surface area (Å²) in [5, 5.41) is 3.19. The van der Waals surface area contributed by atoms with Crippen molar-refractivity contribution in [1.82, 2.24) is 0 Å². The summed E-state index contributed by atoms with van der Waals surface area (Å²) in [6.45, 7) is 5.63. The summed E-state index contributed by atoms with van der Waals surface area (Å²) in [5.41, 5.74) is 1.38. The summed E-state index contributed by atoms with van der Waals surface area (Å²) in [6, 6.07) is 3.02. The van der Waals surface area contributed by atoms with Gasteiger partial charge in [0.25, 0.3) is 5.91 Å². The summed E-state index contributed by atoms with van der Waals surface area (Å²) >= 11 is 1.39. The van der Waals surface area contributed by atoms with Crippen LogP contribution in [0.5, 0.6) is 0 Å². The second-order valence-corrected chi connectivity index (χ2v) is 7.90. The highest BCUT2D eigenvalue weighted by molar-refractivity contribution is 7.17. The van der Waals surface area contributed by atoms with Crippen LogP contribution in [0.1, 0.15) is 58.5 Å². The number of furan rings is 1. The van der Waals surface area contributed by atoms with Gasteiger partial charge < -0.3 is 19.2 Å². The monoisotopic (exact) mass is 405 g/mol. The van der Waals surface area contributed by atoms with Gasteiger partial charge in [0.05, 0.1) is 18.4 Å². The zero-order chi connectivity index (χ0) is 20.3. The summed E-state index contributed by atoms with van der Waals surface area (Å²) in [5.74, 6) is -1.13. The Balaban J connectivity index is 1.77. The number of rotatable bonds is 6. The maximum atomic E-state index is 12.6. The number of esters is 2. The largest absolute Gasteiger partial charge is 0.462 e. The Hall–Kier alpha value is -2.61. The van der Waals surface area contributed by atoms with Crippen molar-refractivity contribution >= 4 is 34.2 Å². The lowest BCUT2D eigenvalue weighted by Crippen LogP contribution is -2.30. The summed E-state index contributed by atoms with van der Waals surface area (Å²) in [7, 11) is 0. The number of hydrogen-bond donors (Lipinski definition) is 1. The lowest BCUT2D eigenvalue weighted by atomic mass is 9.88. The Morgan fingerprint density at radius 2 is 2.14 bits per heavy atom. The van der Waals surface area contributed by atoms with Crippen LogP contribution < -0.4 is 5.32 Å². The molecule has 1 aliphatic carbocycles. The van der Waals surface area contributed by atoms with Crippen molar-refractivity contribution in [1.29, 1.82) is 0 Å². The van der Waals surface area contributed by atoms with Crippen LogP contribution >= 0.6 is 11.3 Å². The molecule has 7 nitrogen and oxygen atoms in total. The molecule has 0 fully saturated rings. The molecule has 0 bridgehead atoms. The Morgan fingerprint density at radius 1 is 1.36 bits per heavy atom. The van der Waals surface area contributed by atoms with E-state index in [4.69, 9.17) is 13.9 Å². The molecule has 150 valence electrons.